The third-order valence-electron chi connectivity index (χ3n) is 12.4. The molecular formula is C44H69N13O16. The quantitative estimate of drug-likeness (QED) is 0.0371. The number of aliphatic hydroxyl groups excluding tert-OH is 2. The van der Waals surface area contributed by atoms with Gasteiger partial charge in [0.2, 0.25) is 59.1 Å². The highest BCUT2D eigenvalue weighted by molar-refractivity contribution is 5.99. The molecule has 3 heterocycles. The van der Waals surface area contributed by atoms with Gasteiger partial charge >= 0.3 is 11.9 Å². The molecule has 12 atom stereocenters. The van der Waals surface area contributed by atoms with Crippen LogP contribution in [0.5, 0.6) is 0 Å². The Bertz CT molecular complexity index is 2180. The van der Waals surface area contributed by atoms with Crippen molar-refractivity contribution in [2.75, 3.05) is 19.6 Å². The fraction of sp³-hybridized carbons (Fsp3) is 0.659. The van der Waals surface area contributed by atoms with Crippen LogP contribution in [-0.2, 0) is 64.0 Å². The van der Waals surface area contributed by atoms with Gasteiger partial charge in [-0.2, -0.15) is 0 Å². The van der Waals surface area contributed by atoms with Crippen molar-refractivity contribution in [3.63, 3.8) is 0 Å². The van der Waals surface area contributed by atoms with Crippen molar-refractivity contribution in [3.05, 3.63) is 18.2 Å². The molecule has 0 aliphatic carbocycles. The first kappa shape index (κ1) is 60.0. The zero-order valence-corrected chi connectivity index (χ0v) is 41.3. The Hall–Kier alpha value is -7.27. The predicted molar refractivity (Wildman–Crippen MR) is 251 cm³/mol. The summed E-state index contributed by atoms with van der Waals surface area (Å²) in [5, 5.41) is 55.3. The van der Waals surface area contributed by atoms with E-state index in [1.807, 2.05) is 0 Å². The van der Waals surface area contributed by atoms with Gasteiger partial charge in [-0.25, -0.2) is 9.78 Å². The number of imidazole rings is 1. The number of primary amides is 1. The summed E-state index contributed by atoms with van der Waals surface area (Å²) in [4.78, 5) is 165. The highest BCUT2D eigenvalue weighted by Crippen LogP contribution is 2.23. The molecule has 0 unspecified atom stereocenters. The average molecular weight is 1040 g/mol. The molecule has 0 aromatic carbocycles. The summed E-state index contributed by atoms with van der Waals surface area (Å²) in [6, 6.07) is -12.8. The van der Waals surface area contributed by atoms with Crippen LogP contribution in [0.2, 0.25) is 0 Å². The van der Waals surface area contributed by atoms with Crippen LogP contribution in [0.15, 0.2) is 12.5 Å². The number of hydrogen-bond acceptors (Lipinski definition) is 16. The first-order chi connectivity index (χ1) is 34.3. The van der Waals surface area contributed by atoms with Gasteiger partial charge < -0.3 is 83.9 Å². The molecule has 0 radical (unpaired) electrons. The summed E-state index contributed by atoms with van der Waals surface area (Å²) in [6.45, 7) is 6.23. The number of carboxylic acid groups (broad SMARTS) is 2. The van der Waals surface area contributed by atoms with Gasteiger partial charge in [-0.3, -0.25) is 52.7 Å². The molecule has 0 saturated carbocycles. The van der Waals surface area contributed by atoms with E-state index in [0.29, 0.717) is 25.0 Å². The minimum Gasteiger partial charge on any atom is -0.481 e. The number of nitrogens with zero attached hydrogens (tertiary/aromatic N) is 3. The van der Waals surface area contributed by atoms with E-state index < -0.39 is 156 Å². The molecule has 29 nitrogen and oxygen atoms in total. The van der Waals surface area contributed by atoms with Crippen LogP contribution >= 0.6 is 0 Å². The normalized spacial score (nSPS) is 19.5. The number of carbonyl (C=O) groups is 12. The number of amides is 10. The minimum absolute atomic E-state index is 0.0300. The molecule has 3 rings (SSSR count). The highest BCUT2D eigenvalue weighted by Gasteiger charge is 2.43. The summed E-state index contributed by atoms with van der Waals surface area (Å²) in [6.07, 6.45) is -0.590. The fourth-order valence-electron chi connectivity index (χ4n) is 8.03. The molecule has 0 spiro atoms. The van der Waals surface area contributed by atoms with Crippen LogP contribution in [0.25, 0.3) is 0 Å². The van der Waals surface area contributed by atoms with Crippen molar-refractivity contribution >= 4 is 71.0 Å². The summed E-state index contributed by atoms with van der Waals surface area (Å²) < 4.78 is 0. The number of carbonyl (C=O) groups excluding carboxylic acids is 10. The number of carboxylic acids is 2. The van der Waals surface area contributed by atoms with E-state index in [-0.39, 0.29) is 45.2 Å². The number of aliphatic hydroxyl groups is 2. The zero-order valence-electron chi connectivity index (χ0n) is 41.3. The Balaban J connectivity index is 1.72. The van der Waals surface area contributed by atoms with Gasteiger partial charge in [-0.05, 0) is 58.8 Å². The van der Waals surface area contributed by atoms with E-state index in [9.17, 15) is 78.0 Å². The van der Waals surface area contributed by atoms with Crippen LogP contribution < -0.4 is 48.7 Å². The van der Waals surface area contributed by atoms with E-state index in [0.717, 1.165) is 6.92 Å². The molecule has 16 N–H and O–H groups in total. The molecule has 29 heteroatoms. The molecule has 73 heavy (non-hydrogen) atoms. The maximum absolute atomic E-state index is 14.3. The van der Waals surface area contributed by atoms with Crippen LogP contribution in [-0.4, -0.2) is 197 Å². The Labute approximate surface area is 419 Å². The van der Waals surface area contributed by atoms with Gasteiger partial charge in [-0.15, -0.1) is 0 Å². The number of H-pyrrole nitrogens is 1. The lowest BCUT2D eigenvalue weighted by Gasteiger charge is -2.32. The second-order valence-electron chi connectivity index (χ2n) is 18.2. The number of rotatable bonds is 28. The van der Waals surface area contributed by atoms with Crippen molar-refractivity contribution in [3.8, 4) is 0 Å². The van der Waals surface area contributed by atoms with Crippen molar-refractivity contribution in [2.24, 2.45) is 17.4 Å². The Kier molecular flexibility index (Phi) is 23.1. The average Bonchev–Trinajstić information content (AvgIpc) is 4.14. The van der Waals surface area contributed by atoms with Gasteiger partial charge in [-0.1, -0.05) is 20.3 Å². The summed E-state index contributed by atoms with van der Waals surface area (Å²) in [7, 11) is 0. The molecule has 10 amide bonds. The van der Waals surface area contributed by atoms with Crippen LogP contribution in [0.1, 0.15) is 91.7 Å². The van der Waals surface area contributed by atoms with Crippen LogP contribution in [0, 0.1) is 5.92 Å². The molecule has 2 aliphatic heterocycles. The number of aromatic amines is 1. The van der Waals surface area contributed by atoms with Gasteiger partial charge in [0.1, 0.15) is 54.4 Å². The van der Waals surface area contributed by atoms with E-state index in [2.05, 4.69) is 47.2 Å². The third-order valence-corrected chi connectivity index (χ3v) is 12.4. The molecule has 2 aliphatic rings. The number of nitrogens with one attached hydrogen (secondary N) is 8. The van der Waals surface area contributed by atoms with Gasteiger partial charge in [0.25, 0.3) is 0 Å². The van der Waals surface area contributed by atoms with E-state index >= 15 is 0 Å². The molecule has 2 fully saturated rings. The van der Waals surface area contributed by atoms with Crippen LogP contribution in [0.4, 0.5) is 0 Å². The van der Waals surface area contributed by atoms with Crippen molar-refractivity contribution in [1.29, 1.82) is 0 Å². The van der Waals surface area contributed by atoms with Crippen LogP contribution in [0.3, 0.4) is 0 Å². The lowest BCUT2D eigenvalue weighted by Crippen LogP contribution is -2.60. The second kappa shape index (κ2) is 28.1. The minimum atomic E-state index is -1.85. The summed E-state index contributed by atoms with van der Waals surface area (Å²) in [5.74, 6) is -12.3. The molecular weight excluding hydrogens is 967 g/mol. The van der Waals surface area contributed by atoms with E-state index in [4.69, 9.17) is 11.5 Å². The zero-order chi connectivity index (χ0) is 54.9. The van der Waals surface area contributed by atoms with Crippen molar-refractivity contribution in [2.45, 2.75) is 159 Å². The van der Waals surface area contributed by atoms with Crippen molar-refractivity contribution in [1.82, 2.24) is 57.0 Å². The summed E-state index contributed by atoms with van der Waals surface area (Å²) >= 11 is 0. The SMILES string of the molecule is CC[C@H](C)[C@H](NC(=O)[C@@H]1CCCN1C(=O)[C@H](CCC(N)=O)NC(=O)[C@@H]1CCCN1C(=O)[C@H](Cc1cnc[nH]1)NC(=O)[C@H](C)NC(=O)CNC(=O)[C@H](CC(=O)O)NC(=O)[C@@H](NC(=O)[C@@H](N)[C@@H](C)O)[C@@H](C)O)C(=O)O. The molecule has 1 aromatic rings. The number of nitrogens with two attached hydrogens (primary N) is 2. The fourth-order valence-corrected chi connectivity index (χ4v) is 8.03. The molecule has 2 saturated heterocycles. The first-order valence-electron chi connectivity index (χ1n) is 23.8. The summed E-state index contributed by atoms with van der Waals surface area (Å²) in [5.41, 5.74) is 11.4. The Morgan fingerprint density at radius 1 is 0.726 bits per heavy atom. The number of aromatic nitrogens is 2. The maximum Gasteiger partial charge on any atom is 0.326 e. The van der Waals surface area contributed by atoms with Gasteiger partial charge in [0.15, 0.2) is 0 Å². The predicted octanol–water partition coefficient (Wildman–Crippen LogP) is -6.06. The lowest BCUT2D eigenvalue weighted by atomic mass is 9.98. The molecule has 0 bridgehead atoms. The largest absolute Gasteiger partial charge is 0.481 e. The molecule has 406 valence electrons. The lowest BCUT2D eigenvalue weighted by molar-refractivity contribution is -0.146. The number of hydrogen-bond donors (Lipinski definition) is 14. The van der Waals surface area contributed by atoms with E-state index in [1.165, 1.54) is 36.2 Å². The Morgan fingerprint density at radius 3 is 1.81 bits per heavy atom. The standard InChI is InChI=1S/C44H69N13O16/c1-6-20(2)34(44(72)73)54-39(67)29-10-8-13-56(29)42(70)25(11-12-30(45)60)51-38(66)28-9-7-14-57(28)43(71)27(15-24-17-47-19-49-24)53-36(64)21(3)50-31(61)18-48-37(65)26(16-32(62)63)52-41(69)35(23(5)59)55-40(68)33(46)22(4)58/h17,19-23,25-29,33-35,58-59H,6-16,18,46H2,1-5H3,(H2,45,60)(H,47,49)(H,48,65)(H,50,61)(H,51,66)(H,52,69)(H,53,64)(H,54,67)(H,55,68)(H,62,63)(H,72,73)/t20-,21-,22+,23+,25-,26-,27-,28-,29-,33-,34-,35-/m0/s1. The first-order valence-corrected chi connectivity index (χ1v) is 23.8. The third kappa shape index (κ3) is 17.8. The number of aliphatic carboxylic acids is 2. The monoisotopic (exact) mass is 1040 g/mol. The number of likely N-dealkylation sites (tertiary alicyclic amines) is 2. The molecule has 1 aromatic heterocycles. The second-order valence-corrected chi connectivity index (χ2v) is 18.2. The van der Waals surface area contributed by atoms with Crippen molar-refractivity contribution < 1.29 is 78.0 Å². The van der Waals surface area contributed by atoms with Gasteiger partial charge in [0.05, 0.1) is 31.5 Å². The smallest absolute Gasteiger partial charge is 0.326 e. The van der Waals surface area contributed by atoms with Gasteiger partial charge in [0, 0.05) is 37.8 Å². The topological polar surface area (TPSA) is 457 Å². The highest BCUT2D eigenvalue weighted by atomic mass is 16.4. The van der Waals surface area contributed by atoms with E-state index in [1.54, 1.807) is 13.8 Å². The maximum atomic E-state index is 14.3. The Morgan fingerprint density at radius 2 is 1.30 bits per heavy atom.